The van der Waals surface area contributed by atoms with Gasteiger partial charge in [-0.05, 0) is 18.7 Å². The molecule has 1 aromatic rings. The fraction of sp³-hybridized carbons (Fsp3) is 0.562. The van der Waals surface area contributed by atoms with Gasteiger partial charge in [-0.1, -0.05) is 44.2 Å². The predicted molar refractivity (Wildman–Crippen MR) is 91.8 cm³/mol. The van der Waals surface area contributed by atoms with Crippen molar-refractivity contribution in [3.63, 3.8) is 0 Å². The average Bonchev–Trinajstić information content (AvgIpc) is 2.46. The lowest BCUT2D eigenvalue weighted by molar-refractivity contribution is 0.537. The van der Waals surface area contributed by atoms with E-state index in [9.17, 15) is 0 Å². The van der Waals surface area contributed by atoms with Gasteiger partial charge in [0.15, 0.2) is 5.96 Å². The summed E-state index contributed by atoms with van der Waals surface area (Å²) < 4.78 is 0. The van der Waals surface area contributed by atoms with Gasteiger partial charge >= 0.3 is 0 Å². The normalized spacial score (nSPS) is 12.3. The molecule has 1 rings (SSSR count). The third kappa shape index (κ3) is 5.87. The van der Waals surface area contributed by atoms with Gasteiger partial charge in [0.25, 0.3) is 0 Å². The Morgan fingerprint density at radius 3 is 2.50 bits per heavy atom. The highest BCUT2D eigenvalue weighted by Crippen LogP contribution is 2.22. The molecule has 0 amide bonds. The highest BCUT2D eigenvalue weighted by Gasteiger charge is 2.19. The fourth-order valence-electron chi connectivity index (χ4n) is 1.87. The van der Waals surface area contributed by atoms with E-state index < -0.39 is 0 Å². The molecule has 0 saturated carbocycles. The van der Waals surface area contributed by atoms with Crippen molar-refractivity contribution in [3.05, 3.63) is 35.9 Å². The first-order valence-electron chi connectivity index (χ1n) is 7.17. The van der Waals surface area contributed by atoms with Crippen LogP contribution in [0.5, 0.6) is 0 Å². The van der Waals surface area contributed by atoms with Crippen molar-refractivity contribution in [3.8, 4) is 0 Å². The monoisotopic (exact) mass is 293 g/mol. The molecule has 0 heterocycles. The van der Waals surface area contributed by atoms with Crippen molar-refractivity contribution >= 4 is 17.7 Å². The highest BCUT2D eigenvalue weighted by atomic mass is 32.2. The summed E-state index contributed by atoms with van der Waals surface area (Å²) in [6.07, 6.45) is 2.12. The zero-order valence-corrected chi connectivity index (χ0v) is 13.9. The molecule has 1 aromatic carbocycles. The average molecular weight is 293 g/mol. The first kappa shape index (κ1) is 16.9. The smallest absolute Gasteiger partial charge is 0.191 e. The molecule has 112 valence electrons. The lowest BCUT2D eigenvalue weighted by Crippen LogP contribution is -2.39. The van der Waals surface area contributed by atoms with E-state index in [1.54, 1.807) is 0 Å². The second-order valence-electron chi connectivity index (χ2n) is 5.36. The van der Waals surface area contributed by atoms with Gasteiger partial charge < -0.3 is 10.6 Å². The first-order chi connectivity index (χ1) is 9.60. The number of benzene rings is 1. The Bertz CT molecular complexity index is 401. The van der Waals surface area contributed by atoms with Gasteiger partial charge in [0.2, 0.25) is 0 Å². The Morgan fingerprint density at radius 2 is 1.90 bits per heavy atom. The van der Waals surface area contributed by atoms with Crippen LogP contribution in [0.4, 0.5) is 0 Å². The molecule has 0 aliphatic heterocycles. The summed E-state index contributed by atoms with van der Waals surface area (Å²) in [7, 11) is 0. The second kappa shape index (κ2) is 8.90. The van der Waals surface area contributed by atoms with Crippen LogP contribution in [-0.4, -0.2) is 37.6 Å². The Morgan fingerprint density at radius 1 is 1.20 bits per heavy atom. The molecular weight excluding hydrogens is 266 g/mol. The second-order valence-corrected chi connectivity index (χ2v) is 6.35. The molecule has 0 unspecified atom stereocenters. The van der Waals surface area contributed by atoms with Crippen LogP contribution in [0.15, 0.2) is 35.3 Å². The highest BCUT2D eigenvalue weighted by molar-refractivity contribution is 7.98. The topological polar surface area (TPSA) is 36.4 Å². The molecule has 0 aliphatic rings. The summed E-state index contributed by atoms with van der Waals surface area (Å²) in [6.45, 7) is 9.16. The molecule has 0 aliphatic carbocycles. The van der Waals surface area contributed by atoms with Crippen LogP contribution < -0.4 is 10.6 Å². The molecule has 3 nitrogen and oxygen atoms in total. The molecule has 4 heteroatoms. The molecule has 0 fully saturated rings. The Balaban J connectivity index is 2.65. The molecular formula is C16H27N3S. The van der Waals surface area contributed by atoms with Crippen LogP contribution >= 0.6 is 11.8 Å². The Hall–Kier alpha value is -1.16. The van der Waals surface area contributed by atoms with Gasteiger partial charge in [0.1, 0.15) is 0 Å². The van der Waals surface area contributed by atoms with E-state index in [1.807, 2.05) is 11.8 Å². The summed E-state index contributed by atoms with van der Waals surface area (Å²) in [5.74, 6) is 2.00. The van der Waals surface area contributed by atoms with Gasteiger partial charge in [-0.15, -0.1) is 0 Å². The van der Waals surface area contributed by atoms with Crippen molar-refractivity contribution < 1.29 is 0 Å². The standard InChI is InChI=1S/C16H27N3S/c1-5-17-15(18-11-12-20-4)19-13-16(2,3)14-9-7-6-8-10-14/h6-10H,5,11-13H2,1-4H3,(H2,17,18,19). The zero-order chi connectivity index (χ0) is 14.8. The van der Waals surface area contributed by atoms with E-state index in [1.165, 1.54) is 5.56 Å². The third-order valence-electron chi connectivity index (χ3n) is 3.13. The number of aliphatic imine (C=N–C) groups is 1. The first-order valence-corrected chi connectivity index (χ1v) is 8.56. The summed E-state index contributed by atoms with van der Waals surface area (Å²) in [4.78, 5) is 4.72. The van der Waals surface area contributed by atoms with Gasteiger partial charge in [0, 0.05) is 24.3 Å². The summed E-state index contributed by atoms with van der Waals surface area (Å²) in [5.41, 5.74) is 1.37. The number of rotatable bonds is 7. The van der Waals surface area contributed by atoms with Crippen LogP contribution in [-0.2, 0) is 5.41 Å². The van der Waals surface area contributed by atoms with E-state index in [0.717, 1.165) is 31.3 Å². The Kier molecular flexibility index (Phi) is 7.52. The zero-order valence-electron chi connectivity index (χ0n) is 13.1. The molecule has 0 radical (unpaired) electrons. The minimum atomic E-state index is 0.0448. The molecule has 0 bridgehead atoms. The molecule has 20 heavy (non-hydrogen) atoms. The van der Waals surface area contributed by atoms with Crippen molar-refractivity contribution in [2.45, 2.75) is 26.2 Å². The van der Waals surface area contributed by atoms with Crippen LogP contribution in [0.25, 0.3) is 0 Å². The fourth-order valence-corrected chi connectivity index (χ4v) is 2.18. The predicted octanol–water partition coefficient (Wildman–Crippen LogP) is 2.88. The maximum atomic E-state index is 4.72. The SMILES string of the molecule is CCNC(=NCC(C)(C)c1ccccc1)NCCSC. The minimum absolute atomic E-state index is 0.0448. The number of hydrogen-bond acceptors (Lipinski definition) is 2. The summed E-state index contributed by atoms with van der Waals surface area (Å²) in [6, 6.07) is 10.6. The summed E-state index contributed by atoms with van der Waals surface area (Å²) >= 11 is 1.84. The Labute approximate surface area is 127 Å². The van der Waals surface area contributed by atoms with Gasteiger partial charge in [-0.25, -0.2) is 0 Å². The third-order valence-corrected chi connectivity index (χ3v) is 3.74. The number of nitrogens with one attached hydrogen (secondary N) is 2. The van der Waals surface area contributed by atoms with E-state index in [0.29, 0.717) is 0 Å². The van der Waals surface area contributed by atoms with Crippen LogP contribution in [0.3, 0.4) is 0 Å². The number of guanidine groups is 1. The van der Waals surface area contributed by atoms with E-state index in [4.69, 9.17) is 4.99 Å². The van der Waals surface area contributed by atoms with E-state index in [-0.39, 0.29) is 5.41 Å². The molecule has 0 aromatic heterocycles. The lowest BCUT2D eigenvalue weighted by atomic mass is 9.85. The van der Waals surface area contributed by atoms with E-state index >= 15 is 0 Å². The lowest BCUT2D eigenvalue weighted by Gasteiger charge is -2.23. The quantitative estimate of drug-likeness (QED) is 0.461. The molecule has 0 saturated heterocycles. The number of thioether (sulfide) groups is 1. The molecule has 2 N–H and O–H groups in total. The largest absolute Gasteiger partial charge is 0.357 e. The maximum Gasteiger partial charge on any atom is 0.191 e. The summed E-state index contributed by atoms with van der Waals surface area (Å²) in [5, 5.41) is 6.66. The minimum Gasteiger partial charge on any atom is -0.357 e. The van der Waals surface area contributed by atoms with Gasteiger partial charge in [0.05, 0.1) is 6.54 Å². The number of nitrogens with zero attached hydrogens (tertiary/aromatic N) is 1. The van der Waals surface area contributed by atoms with Crippen LogP contribution in [0.2, 0.25) is 0 Å². The van der Waals surface area contributed by atoms with Gasteiger partial charge in [-0.3, -0.25) is 4.99 Å². The number of hydrogen-bond donors (Lipinski definition) is 2. The van der Waals surface area contributed by atoms with Crippen LogP contribution in [0.1, 0.15) is 26.3 Å². The van der Waals surface area contributed by atoms with Crippen LogP contribution in [0, 0.1) is 0 Å². The molecule has 0 atom stereocenters. The van der Waals surface area contributed by atoms with E-state index in [2.05, 4.69) is 68.0 Å². The van der Waals surface area contributed by atoms with Crippen molar-refractivity contribution in [2.75, 3.05) is 31.6 Å². The molecule has 0 spiro atoms. The maximum absolute atomic E-state index is 4.72. The van der Waals surface area contributed by atoms with Crippen molar-refractivity contribution in [2.24, 2.45) is 4.99 Å². The van der Waals surface area contributed by atoms with Crippen molar-refractivity contribution in [1.29, 1.82) is 0 Å². The van der Waals surface area contributed by atoms with Crippen molar-refractivity contribution in [1.82, 2.24) is 10.6 Å². The van der Waals surface area contributed by atoms with Gasteiger partial charge in [-0.2, -0.15) is 11.8 Å².